The van der Waals surface area contributed by atoms with Crippen LogP contribution in [0.5, 0.6) is 0 Å². The summed E-state index contributed by atoms with van der Waals surface area (Å²) in [7, 11) is 0. The summed E-state index contributed by atoms with van der Waals surface area (Å²) in [6.07, 6.45) is 16.4. The first kappa shape index (κ1) is 27.3. The number of carbonyl (C=O) groups excluding carboxylic acids is 1. The van der Waals surface area contributed by atoms with Gasteiger partial charge in [-0.1, -0.05) is 78.6 Å². The van der Waals surface area contributed by atoms with Crippen LogP contribution in [0.1, 0.15) is 124 Å². The molecule has 202 valence electrons. The Balaban J connectivity index is 1.21. The number of ether oxygens (including phenoxy) is 3. The Labute approximate surface area is 213 Å². The van der Waals surface area contributed by atoms with Crippen LogP contribution in [0, 0.1) is 23.7 Å². The summed E-state index contributed by atoms with van der Waals surface area (Å²) in [6.45, 7) is 9.23. The van der Waals surface area contributed by atoms with Crippen LogP contribution >= 0.6 is 0 Å². The summed E-state index contributed by atoms with van der Waals surface area (Å²) >= 11 is 0. The molecule has 0 aromatic carbocycles. The van der Waals surface area contributed by atoms with E-state index in [2.05, 4.69) is 20.8 Å². The van der Waals surface area contributed by atoms with Gasteiger partial charge in [-0.2, -0.15) is 0 Å². The van der Waals surface area contributed by atoms with E-state index in [1.54, 1.807) is 0 Å². The third-order valence-corrected chi connectivity index (χ3v) is 9.42. The molecule has 0 aromatic rings. The molecule has 8 atom stereocenters. The predicted molar refractivity (Wildman–Crippen MR) is 134 cm³/mol. The minimum Gasteiger partial charge on any atom is -0.466 e. The highest BCUT2D eigenvalue weighted by molar-refractivity contribution is 5.70. The normalized spacial score (nSPS) is 40.2. The van der Waals surface area contributed by atoms with Gasteiger partial charge >= 0.3 is 5.97 Å². The number of rotatable bonds is 13. The van der Waals surface area contributed by atoms with Crippen LogP contribution in [-0.2, 0) is 28.8 Å². The van der Waals surface area contributed by atoms with E-state index in [9.17, 15) is 4.79 Å². The number of unbranched alkanes of at least 4 members (excludes halogenated alkanes) is 9. The first-order valence-electron chi connectivity index (χ1n) is 14.8. The maximum atomic E-state index is 12.7. The third kappa shape index (κ3) is 6.08. The van der Waals surface area contributed by atoms with Crippen molar-refractivity contribution in [3.8, 4) is 0 Å². The fourth-order valence-corrected chi connectivity index (χ4v) is 7.21. The number of fused-ring (bicyclic) bond motifs is 2. The van der Waals surface area contributed by atoms with Gasteiger partial charge < -0.3 is 14.2 Å². The Kier molecular flexibility index (Phi) is 9.56. The molecule has 0 unspecified atom stereocenters. The Bertz CT molecular complexity index is 684. The highest BCUT2D eigenvalue weighted by atomic mass is 17.3. The molecule has 6 nitrogen and oxygen atoms in total. The van der Waals surface area contributed by atoms with E-state index in [1.165, 1.54) is 57.8 Å². The molecular weight excluding hydrogens is 444 g/mol. The van der Waals surface area contributed by atoms with Crippen molar-refractivity contribution >= 4 is 5.97 Å². The van der Waals surface area contributed by atoms with Crippen molar-refractivity contribution in [3.63, 3.8) is 0 Å². The summed E-state index contributed by atoms with van der Waals surface area (Å²) < 4.78 is 18.5. The smallest absolute Gasteiger partial charge is 0.308 e. The molecular formula is C29H50O6. The first-order chi connectivity index (χ1) is 16.9. The van der Waals surface area contributed by atoms with Crippen LogP contribution in [0.2, 0.25) is 0 Å². The minimum absolute atomic E-state index is 0.156. The quantitative estimate of drug-likeness (QED) is 0.155. The molecule has 0 radical (unpaired) electrons. The Morgan fingerprint density at radius 1 is 0.886 bits per heavy atom. The van der Waals surface area contributed by atoms with E-state index in [0.717, 1.165) is 32.1 Å². The van der Waals surface area contributed by atoms with Gasteiger partial charge in [-0.3, -0.25) is 4.79 Å². The molecule has 1 spiro atoms. The zero-order valence-corrected chi connectivity index (χ0v) is 22.7. The second-order valence-electron chi connectivity index (χ2n) is 12.1. The fraction of sp³-hybridized carbons (Fsp3) is 0.966. The fourth-order valence-electron chi connectivity index (χ4n) is 7.21. The van der Waals surface area contributed by atoms with Crippen LogP contribution in [0.3, 0.4) is 0 Å². The lowest BCUT2D eigenvalue weighted by Gasteiger charge is -2.60. The van der Waals surface area contributed by atoms with Gasteiger partial charge in [-0.05, 0) is 50.4 Å². The van der Waals surface area contributed by atoms with Gasteiger partial charge in [0.1, 0.15) is 0 Å². The molecule has 5 aliphatic rings. The number of hydrogen-bond donors (Lipinski definition) is 0. The lowest BCUT2D eigenvalue weighted by atomic mass is 9.57. The summed E-state index contributed by atoms with van der Waals surface area (Å²) in [5.74, 6) is 0.392. The maximum absolute atomic E-state index is 12.7. The van der Waals surface area contributed by atoms with Crippen molar-refractivity contribution in [1.82, 2.24) is 0 Å². The monoisotopic (exact) mass is 494 g/mol. The van der Waals surface area contributed by atoms with Crippen molar-refractivity contribution in [1.29, 1.82) is 0 Å². The zero-order valence-electron chi connectivity index (χ0n) is 22.7. The SMILES string of the molecule is CCCCCCCCCCCCOC(=O)C[C@H]1O[C@@H]2O[C@@]3(C)CC[C@H]4[C@H](C)CC[C@@H]([C@H]1C)[C@@]24OO3. The molecule has 1 aliphatic carbocycles. The van der Waals surface area contributed by atoms with Crippen LogP contribution < -0.4 is 0 Å². The predicted octanol–water partition coefficient (Wildman–Crippen LogP) is 7.09. The van der Waals surface area contributed by atoms with Crippen LogP contribution in [0.4, 0.5) is 0 Å². The Hall–Kier alpha value is -0.690. The molecule has 4 heterocycles. The van der Waals surface area contributed by atoms with E-state index >= 15 is 0 Å². The average molecular weight is 495 g/mol. The van der Waals surface area contributed by atoms with E-state index in [4.69, 9.17) is 24.0 Å². The molecule has 0 amide bonds. The van der Waals surface area contributed by atoms with E-state index < -0.39 is 17.7 Å². The van der Waals surface area contributed by atoms with Crippen molar-refractivity contribution in [2.24, 2.45) is 23.7 Å². The van der Waals surface area contributed by atoms with Gasteiger partial charge in [-0.15, -0.1) is 0 Å². The second-order valence-corrected chi connectivity index (χ2v) is 12.1. The van der Waals surface area contributed by atoms with Gasteiger partial charge in [-0.25, -0.2) is 9.78 Å². The van der Waals surface area contributed by atoms with Crippen molar-refractivity contribution in [3.05, 3.63) is 0 Å². The molecule has 5 fully saturated rings. The van der Waals surface area contributed by atoms with E-state index in [-0.39, 0.29) is 30.3 Å². The molecule has 4 saturated heterocycles. The highest BCUT2D eigenvalue weighted by Gasteiger charge is 2.69. The second kappa shape index (κ2) is 12.2. The molecule has 2 bridgehead atoms. The molecule has 5 rings (SSSR count). The van der Waals surface area contributed by atoms with Crippen LogP contribution in [-0.4, -0.2) is 36.4 Å². The topological polar surface area (TPSA) is 63.2 Å². The average Bonchev–Trinajstić information content (AvgIpc) is 3.06. The molecule has 6 heteroatoms. The van der Waals surface area contributed by atoms with Crippen molar-refractivity contribution in [2.45, 2.75) is 148 Å². The lowest BCUT2D eigenvalue weighted by Crippen LogP contribution is -2.70. The molecule has 1 saturated carbocycles. The summed E-state index contributed by atoms with van der Waals surface area (Å²) in [5, 5.41) is 0. The number of carbonyl (C=O) groups is 1. The Morgan fingerprint density at radius 2 is 1.57 bits per heavy atom. The molecule has 4 aliphatic heterocycles. The zero-order chi connectivity index (χ0) is 24.9. The van der Waals surface area contributed by atoms with Crippen molar-refractivity contribution in [2.75, 3.05) is 6.61 Å². The minimum atomic E-state index is -0.779. The largest absolute Gasteiger partial charge is 0.466 e. The molecule has 35 heavy (non-hydrogen) atoms. The highest BCUT2D eigenvalue weighted by Crippen LogP contribution is 2.60. The van der Waals surface area contributed by atoms with Crippen LogP contribution in [0.15, 0.2) is 0 Å². The first-order valence-corrected chi connectivity index (χ1v) is 14.8. The van der Waals surface area contributed by atoms with E-state index in [0.29, 0.717) is 18.4 Å². The van der Waals surface area contributed by atoms with Gasteiger partial charge in [0.15, 0.2) is 11.9 Å². The third-order valence-electron chi connectivity index (χ3n) is 9.42. The lowest BCUT2D eigenvalue weighted by molar-refractivity contribution is -0.571. The summed E-state index contributed by atoms with van der Waals surface area (Å²) in [4.78, 5) is 24.8. The maximum Gasteiger partial charge on any atom is 0.308 e. The van der Waals surface area contributed by atoms with Gasteiger partial charge in [0, 0.05) is 12.3 Å². The van der Waals surface area contributed by atoms with E-state index in [1.807, 2.05) is 6.92 Å². The van der Waals surface area contributed by atoms with Gasteiger partial charge in [0.05, 0.1) is 19.1 Å². The molecule has 0 aromatic heterocycles. The van der Waals surface area contributed by atoms with Gasteiger partial charge in [0.2, 0.25) is 5.79 Å². The standard InChI is InChI=1S/C29H50O6/c1-5-6-7-8-9-10-11-12-13-14-19-31-26(30)20-25-22(3)24-16-15-21(2)23-17-18-28(4)33-27(32-25)29(23,24)35-34-28/h21-25,27H,5-20H2,1-4H3/t21-,22-,23+,24+,25-,27-,28-,29-/m1/s1. The Morgan fingerprint density at radius 3 is 2.29 bits per heavy atom. The van der Waals surface area contributed by atoms with Crippen molar-refractivity contribution < 1.29 is 28.8 Å². The van der Waals surface area contributed by atoms with Crippen LogP contribution in [0.25, 0.3) is 0 Å². The number of esters is 1. The number of hydrogen-bond acceptors (Lipinski definition) is 6. The van der Waals surface area contributed by atoms with Gasteiger partial charge in [0.25, 0.3) is 0 Å². The molecule has 0 N–H and O–H groups in total. The summed E-state index contributed by atoms with van der Waals surface area (Å²) in [6, 6.07) is 0. The summed E-state index contributed by atoms with van der Waals surface area (Å²) in [5.41, 5.74) is -0.566.